The quantitative estimate of drug-likeness (QED) is 0.827. The molecule has 3 N–H and O–H groups in total. The predicted octanol–water partition coefficient (Wildman–Crippen LogP) is 1.40. The number of piperidine rings is 1. The molecule has 0 saturated carbocycles. The molecule has 0 spiro atoms. The van der Waals surface area contributed by atoms with Gasteiger partial charge in [0.2, 0.25) is 5.91 Å². The van der Waals surface area contributed by atoms with Crippen LogP contribution in [0, 0.1) is 11.7 Å². The first-order valence-electron chi connectivity index (χ1n) is 7.06. The van der Waals surface area contributed by atoms with Crippen molar-refractivity contribution in [2.24, 2.45) is 5.92 Å². The molecule has 6 heteroatoms. The average Bonchev–Trinajstić information content (AvgIpc) is 2.48. The Bertz CT molecular complexity index is 540. The van der Waals surface area contributed by atoms with Gasteiger partial charge in [0, 0.05) is 32.1 Å². The van der Waals surface area contributed by atoms with Crippen molar-refractivity contribution in [2.75, 3.05) is 25.4 Å². The lowest BCUT2D eigenvalue weighted by atomic mass is 9.96. The first kappa shape index (κ1) is 15.3. The number of hydrogen-bond acceptors (Lipinski definition) is 3. The average molecular weight is 293 g/mol. The van der Waals surface area contributed by atoms with Gasteiger partial charge in [0.05, 0.1) is 5.69 Å². The smallest absolute Gasteiger partial charge is 0.253 e. The topological polar surface area (TPSA) is 75.4 Å². The van der Waals surface area contributed by atoms with Crippen LogP contribution in [-0.2, 0) is 4.79 Å². The second kappa shape index (κ2) is 6.56. The Morgan fingerprint density at radius 1 is 1.38 bits per heavy atom. The van der Waals surface area contributed by atoms with Crippen molar-refractivity contribution in [3.63, 3.8) is 0 Å². The summed E-state index contributed by atoms with van der Waals surface area (Å²) < 4.78 is 13.1. The van der Waals surface area contributed by atoms with Crippen LogP contribution >= 0.6 is 0 Å². The van der Waals surface area contributed by atoms with E-state index in [0.717, 1.165) is 12.8 Å². The van der Waals surface area contributed by atoms with E-state index in [0.29, 0.717) is 31.1 Å². The number of benzene rings is 1. The number of hydrogen-bond donors (Lipinski definition) is 2. The largest absolute Gasteiger partial charge is 0.396 e. The number of likely N-dealkylation sites (tertiary alicyclic amines) is 1. The van der Waals surface area contributed by atoms with Crippen LogP contribution in [0.2, 0.25) is 0 Å². The van der Waals surface area contributed by atoms with E-state index in [9.17, 15) is 14.0 Å². The van der Waals surface area contributed by atoms with Crippen molar-refractivity contribution >= 4 is 17.5 Å². The maximum Gasteiger partial charge on any atom is 0.253 e. The normalized spacial score (nSPS) is 15.8. The number of nitrogens with zero attached hydrogens (tertiary/aromatic N) is 1. The Morgan fingerprint density at radius 3 is 2.62 bits per heavy atom. The SMILES string of the molecule is CC(=O)NCC1CCN(C(=O)c2ccc(F)c(N)c2)CC1. The van der Waals surface area contributed by atoms with Crippen LogP contribution in [0.5, 0.6) is 0 Å². The Morgan fingerprint density at radius 2 is 2.05 bits per heavy atom. The van der Waals surface area contributed by atoms with E-state index < -0.39 is 5.82 Å². The summed E-state index contributed by atoms with van der Waals surface area (Å²) in [5.74, 6) is -0.272. The van der Waals surface area contributed by atoms with Crippen LogP contribution in [0.25, 0.3) is 0 Å². The molecule has 1 aliphatic rings. The number of halogens is 1. The van der Waals surface area contributed by atoms with Crippen molar-refractivity contribution < 1.29 is 14.0 Å². The molecule has 0 radical (unpaired) electrons. The zero-order valence-electron chi connectivity index (χ0n) is 12.1. The highest BCUT2D eigenvalue weighted by atomic mass is 19.1. The Labute approximate surface area is 123 Å². The van der Waals surface area contributed by atoms with Gasteiger partial charge >= 0.3 is 0 Å². The minimum Gasteiger partial charge on any atom is -0.396 e. The molecule has 0 aliphatic carbocycles. The van der Waals surface area contributed by atoms with Crippen molar-refractivity contribution in [2.45, 2.75) is 19.8 Å². The van der Waals surface area contributed by atoms with Gasteiger partial charge in [-0.05, 0) is 37.0 Å². The Balaban J connectivity index is 1.90. The summed E-state index contributed by atoms with van der Waals surface area (Å²) in [6.45, 7) is 3.43. The second-order valence-electron chi connectivity index (χ2n) is 5.41. The zero-order valence-corrected chi connectivity index (χ0v) is 12.1. The van der Waals surface area contributed by atoms with Crippen LogP contribution in [0.3, 0.4) is 0 Å². The van der Waals surface area contributed by atoms with Crippen molar-refractivity contribution in [3.05, 3.63) is 29.6 Å². The van der Waals surface area contributed by atoms with Gasteiger partial charge in [-0.1, -0.05) is 0 Å². The van der Waals surface area contributed by atoms with E-state index in [1.165, 1.54) is 25.1 Å². The van der Waals surface area contributed by atoms with Gasteiger partial charge in [-0.2, -0.15) is 0 Å². The molecule has 5 nitrogen and oxygen atoms in total. The van der Waals surface area contributed by atoms with Gasteiger partial charge in [0.15, 0.2) is 0 Å². The Kier molecular flexibility index (Phi) is 4.77. The van der Waals surface area contributed by atoms with Crippen LogP contribution in [-0.4, -0.2) is 36.3 Å². The predicted molar refractivity (Wildman–Crippen MR) is 78.1 cm³/mol. The molecule has 0 atom stereocenters. The highest BCUT2D eigenvalue weighted by molar-refractivity contribution is 5.95. The lowest BCUT2D eigenvalue weighted by Gasteiger charge is -2.32. The number of nitrogens with one attached hydrogen (secondary N) is 1. The van der Waals surface area contributed by atoms with Crippen LogP contribution in [0.15, 0.2) is 18.2 Å². The molecule has 0 bridgehead atoms. The maximum atomic E-state index is 13.1. The lowest BCUT2D eigenvalue weighted by Crippen LogP contribution is -2.41. The molecule has 114 valence electrons. The van der Waals surface area contributed by atoms with Crippen LogP contribution < -0.4 is 11.1 Å². The third-order valence-electron chi connectivity index (χ3n) is 3.78. The molecule has 0 aromatic heterocycles. The van der Waals surface area contributed by atoms with Crippen molar-refractivity contribution in [1.29, 1.82) is 0 Å². The third kappa shape index (κ3) is 3.93. The summed E-state index contributed by atoms with van der Waals surface area (Å²) in [4.78, 5) is 24.9. The molecule has 1 fully saturated rings. The van der Waals surface area contributed by atoms with Crippen molar-refractivity contribution in [3.8, 4) is 0 Å². The summed E-state index contributed by atoms with van der Waals surface area (Å²) in [5, 5.41) is 2.80. The number of nitrogen functional groups attached to an aromatic ring is 1. The molecule has 1 saturated heterocycles. The van der Waals surface area contributed by atoms with E-state index in [4.69, 9.17) is 5.73 Å². The minimum atomic E-state index is -0.513. The number of amides is 2. The number of nitrogens with two attached hydrogens (primary N) is 1. The van der Waals surface area contributed by atoms with E-state index in [1.54, 1.807) is 4.90 Å². The standard InChI is InChI=1S/C15H20FN3O2/c1-10(20)18-9-11-4-6-19(7-5-11)15(21)12-2-3-13(16)14(17)8-12/h2-3,8,11H,4-7,9,17H2,1H3,(H,18,20). The molecule has 1 heterocycles. The highest BCUT2D eigenvalue weighted by Crippen LogP contribution is 2.20. The molecule has 21 heavy (non-hydrogen) atoms. The molecule has 1 aromatic rings. The van der Waals surface area contributed by atoms with Crippen LogP contribution in [0.4, 0.5) is 10.1 Å². The molecule has 1 aromatic carbocycles. The lowest BCUT2D eigenvalue weighted by molar-refractivity contribution is -0.119. The first-order valence-corrected chi connectivity index (χ1v) is 7.06. The zero-order chi connectivity index (χ0) is 15.4. The highest BCUT2D eigenvalue weighted by Gasteiger charge is 2.24. The third-order valence-corrected chi connectivity index (χ3v) is 3.78. The van der Waals surface area contributed by atoms with Gasteiger partial charge in [-0.3, -0.25) is 9.59 Å². The second-order valence-corrected chi connectivity index (χ2v) is 5.41. The molecule has 2 rings (SSSR count). The van der Waals surface area contributed by atoms with Gasteiger partial charge in [-0.25, -0.2) is 4.39 Å². The molecule has 2 amide bonds. The summed E-state index contributed by atoms with van der Waals surface area (Å²) in [6, 6.07) is 4.05. The monoisotopic (exact) mass is 293 g/mol. The van der Waals surface area contributed by atoms with Crippen LogP contribution in [0.1, 0.15) is 30.1 Å². The molecular weight excluding hydrogens is 273 g/mol. The van der Waals surface area contributed by atoms with Gasteiger partial charge in [0.25, 0.3) is 5.91 Å². The molecular formula is C15H20FN3O2. The van der Waals surface area contributed by atoms with Gasteiger partial charge in [0.1, 0.15) is 5.82 Å². The summed E-state index contributed by atoms with van der Waals surface area (Å²) >= 11 is 0. The summed E-state index contributed by atoms with van der Waals surface area (Å²) in [7, 11) is 0. The first-order chi connectivity index (χ1) is 9.97. The fraction of sp³-hybridized carbons (Fsp3) is 0.467. The fourth-order valence-electron chi connectivity index (χ4n) is 2.49. The van der Waals surface area contributed by atoms with Crippen molar-refractivity contribution in [1.82, 2.24) is 10.2 Å². The molecule has 0 unspecified atom stereocenters. The summed E-state index contributed by atoms with van der Waals surface area (Å²) in [6.07, 6.45) is 1.70. The van der Waals surface area contributed by atoms with Gasteiger partial charge in [-0.15, -0.1) is 0 Å². The number of anilines is 1. The minimum absolute atomic E-state index is 0.0126. The number of carbonyl (C=O) groups is 2. The number of rotatable bonds is 3. The van der Waals surface area contributed by atoms with Gasteiger partial charge < -0.3 is 16.0 Å². The van der Waals surface area contributed by atoms with E-state index >= 15 is 0 Å². The maximum absolute atomic E-state index is 13.1. The summed E-state index contributed by atoms with van der Waals surface area (Å²) in [5.41, 5.74) is 5.89. The number of carbonyl (C=O) groups excluding carboxylic acids is 2. The van der Waals surface area contributed by atoms with E-state index in [2.05, 4.69) is 5.32 Å². The van der Waals surface area contributed by atoms with E-state index in [-0.39, 0.29) is 17.5 Å². The Hall–Kier alpha value is -2.11. The fourth-order valence-corrected chi connectivity index (χ4v) is 2.49. The molecule has 1 aliphatic heterocycles. The van der Waals surface area contributed by atoms with E-state index in [1.807, 2.05) is 0 Å².